The second-order valence-corrected chi connectivity index (χ2v) is 4.38. The van der Waals surface area contributed by atoms with Crippen molar-refractivity contribution in [1.82, 2.24) is 15.0 Å². The number of benzene rings is 1. The molecule has 0 aliphatic carbocycles. The molecule has 110 valence electrons. The van der Waals surface area contributed by atoms with Crippen LogP contribution in [0.15, 0.2) is 35.6 Å². The Labute approximate surface area is 120 Å². The highest BCUT2D eigenvalue weighted by molar-refractivity contribution is 5.77. The van der Waals surface area contributed by atoms with Gasteiger partial charge in [0.1, 0.15) is 11.9 Å². The summed E-state index contributed by atoms with van der Waals surface area (Å²) in [6.45, 7) is 0.612. The van der Waals surface area contributed by atoms with Crippen molar-refractivity contribution >= 4 is 12.2 Å². The zero-order chi connectivity index (χ0) is 15.2. The molecule has 0 aliphatic heterocycles. The number of imidazole rings is 1. The second-order valence-electron chi connectivity index (χ2n) is 4.38. The Hall–Kier alpha value is -2.90. The first-order valence-electron chi connectivity index (χ1n) is 6.28. The van der Waals surface area contributed by atoms with Crippen LogP contribution in [0, 0.1) is 10.1 Å². The molecule has 8 heteroatoms. The Bertz CT molecular complexity index is 648. The Morgan fingerprint density at radius 2 is 2.19 bits per heavy atom. The monoisotopic (exact) mass is 289 g/mol. The number of rotatable bonds is 6. The van der Waals surface area contributed by atoms with Crippen LogP contribution >= 0.6 is 0 Å². The quantitative estimate of drug-likeness (QED) is 0.360. The van der Waals surface area contributed by atoms with Crippen LogP contribution in [0.1, 0.15) is 11.3 Å². The summed E-state index contributed by atoms with van der Waals surface area (Å²) in [4.78, 5) is 13.8. The molecular formula is C13H15N5O3. The average molecular weight is 289 g/mol. The summed E-state index contributed by atoms with van der Waals surface area (Å²) in [5.41, 5.74) is 4.47. The number of nitro groups is 1. The molecular weight excluding hydrogens is 274 g/mol. The van der Waals surface area contributed by atoms with Gasteiger partial charge in [0.2, 0.25) is 0 Å². The minimum Gasteiger partial charge on any atom is -0.508 e. The topological polar surface area (TPSA) is 106 Å². The standard InChI is InChI=1S/C13H15N5O3/c1-17-11(8-14-13(17)18(20)21)9-16-15-7-6-10-2-4-12(19)5-3-10/h2-5,8-9,15,19H,6-7H2,1H3/b16-9+. The highest BCUT2D eigenvalue weighted by Crippen LogP contribution is 2.10. The molecule has 0 bridgehead atoms. The molecule has 21 heavy (non-hydrogen) atoms. The first-order valence-corrected chi connectivity index (χ1v) is 6.28. The maximum absolute atomic E-state index is 10.6. The molecule has 8 nitrogen and oxygen atoms in total. The van der Waals surface area contributed by atoms with E-state index >= 15 is 0 Å². The minimum atomic E-state index is -0.546. The lowest BCUT2D eigenvalue weighted by atomic mass is 10.1. The number of aromatic hydroxyl groups is 1. The number of nitrogens with zero attached hydrogens (tertiary/aromatic N) is 4. The van der Waals surface area contributed by atoms with Gasteiger partial charge in [0, 0.05) is 6.54 Å². The number of nitrogens with one attached hydrogen (secondary N) is 1. The predicted octanol–water partition coefficient (Wildman–Crippen LogP) is 1.20. The van der Waals surface area contributed by atoms with E-state index in [1.807, 2.05) is 12.1 Å². The summed E-state index contributed by atoms with van der Waals surface area (Å²) in [6, 6.07) is 6.94. The molecule has 0 atom stereocenters. The Morgan fingerprint density at radius 3 is 2.81 bits per heavy atom. The van der Waals surface area contributed by atoms with E-state index in [4.69, 9.17) is 5.11 Å². The lowest BCUT2D eigenvalue weighted by Gasteiger charge is -2.01. The van der Waals surface area contributed by atoms with Gasteiger partial charge >= 0.3 is 5.95 Å². The molecule has 0 saturated carbocycles. The van der Waals surface area contributed by atoms with Gasteiger partial charge in [-0.25, -0.2) is 4.57 Å². The van der Waals surface area contributed by atoms with Crippen molar-refractivity contribution in [3.05, 3.63) is 51.8 Å². The van der Waals surface area contributed by atoms with Gasteiger partial charge < -0.3 is 20.6 Å². The van der Waals surface area contributed by atoms with E-state index in [9.17, 15) is 10.1 Å². The van der Waals surface area contributed by atoms with Crippen LogP contribution < -0.4 is 5.43 Å². The third kappa shape index (κ3) is 3.78. The van der Waals surface area contributed by atoms with Gasteiger partial charge in [-0.2, -0.15) is 5.10 Å². The lowest BCUT2D eigenvalue weighted by molar-refractivity contribution is -0.396. The maximum Gasteiger partial charge on any atom is 0.434 e. The van der Waals surface area contributed by atoms with Crippen LogP contribution in [0.4, 0.5) is 5.95 Å². The number of hydrogen-bond donors (Lipinski definition) is 2. The molecule has 0 saturated heterocycles. The SMILES string of the molecule is Cn1c(/C=N/NCCc2ccc(O)cc2)cnc1[N+](=O)[O-]. The molecule has 2 N–H and O–H groups in total. The Morgan fingerprint density at radius 1 is 1.48 bits per heavy atom. The van der Waals surface area contributed by atoms with E-state index in [-0.39, 0.29) is 11.7 Å². The smallest absolute Gasteiger partial charge is 0.434 e. The van der Waals surface area contributed by atoms with E-state index in [2.05, 4.69) is 15.5 Å². The minimum absolute atomic E-state index is 0.222. The molecule has 1 aromatic heterocycles. The first kappa shape index (κ1) is 14.5. The maximum atomic E-state index is 10.6. The van der Waals surface area contributed by atoms with Crippen molar-refractivity contribution in [2.45, 2.75) is 6.42 Å². The fourth-order valence-corrected chi connectivity index (χ4v) is 1.74. The Balaban J connectivity index is 1.83. The third-order valence-electron chi connectivity index (χ3n) is 2.91. The van der Waals surface area contributed by atoms with E-state index in [1.165, 1.54) is 17.0 Å². The summed E-state index contributed by atoms with van der Waals surface area (Å²) >= 11 is 0. The van der Waals surface area contributed by atoms with E-state index in [1.54, 1.807) is 19.2 Å². The number of phenols is 1. The molecule has 2 aromatic rings. The summed E-state index contributed by atoms with van der Waals surface area (Å²) in [5.74, 6) is 0.0167. The summed E-state index contributed by atoms with van der Waals surface area (Å²) in [7, 11) is 1.56. The average Bonchev–Trinajstić information content (AvgIpc) is 2.82. The summed E-state index contributed by atoms with van der Waals surface area (Å²) in [5, 5.41) is 23.8. The molecule has 2 rings (SSSR count). The molecule has 0 unspecified atom stereocenters. The first-order chi connectivity index (χ1) is 10.1. The highest BCUT2D eigenvalue weighted by Gasteiger charge is 2.15. The predicted molar refractivity (Wildman–Crippen MR) is 77.3 cm³/mol. The van der Waals surface area contributed by atoms with Gasteiger partial charge in [-0.15, -0.1) is 0 Å². The zero-order valence-electron chi connectivity index (χ0n) is 11.4. The van der Waals surface area contributed by atoms with Crippen molar-refractivity contribution in [2.75, 3.05) is 6.54 Å². The summed E-state index contributed by atoms with van der Waals surface area (Å²) < 4.78 is 1.35. The van der Waals surface area contributed by atoms with Gasteiger partial charge in [0.25, 0.3) is 0 Å². The number of hydrazone groups is 1. The molecule has 0 amide bonds. The zero-order valence-corrected chi connectivity index (χ0v) is 11.4. The Kier molecular flexibility index (Phi) is 4.50. The second kappa shape index (κ2) is 6.51. The van der Waals surface area contributed by atoms with Gasteiger partial charge in [-0.3, -0.25) is 0 Å². The van der Waals surface area contributed by atoms with Crippen molar-refractivity contribution in [2.24, 2.45) is 12.1 Å². The largest absolute Gasteiger partial charge is 0.508 e. The highest BCUT2D eigenvalue weighted by atomic mass is 16.6. The van der Waals surface area contributed by atoms with Gasteiger partial charge in [-0.05, 0) is 29.0 Å². The molecule has 0 fully saturated rings. The van der Waals surface area contributed by atoms with Crippen LogP contribution in [0.25, 0.3) is 0 Å². The normalized spacial score (nSPS) is 10.9. The van der Waals surface area contributed by atoms with E-state index < -0.39 is 4.92 Å². The molecule has 1 aromatic carbocycles. The van der Waals surface area contributed by atoms with Gasteiger partial charge in [0.15, 0.2) is 5.69 Å². The molecule has 0 radical (unpaired) electrons. The number of hydrogen-bond acceptors (Lipinski definition) is 6. The van der Waals surface area contributed by atoms with Crippen LogP contribution in [0.2, 0.25) is 0 Å². The van der Waals surface area contributed by atoms with Crippen molar-refractivity contribution in [3.8, 4) is 5.75 Å². The third-order valence-corrected chi connectivity index (χ3v) is 2.91. The van der Waals surface area contributed by atoms with Gasteiger partial charge in [-0.1, -0.05) is 17.1 Å². The molecule has 0 aliphatic rings. The molecule has 1 heterocycles. The van der Waals surface area contributed by atoms with Crippen molar-refractivity contribution < 1.29 is 10.0 Å². The number of aromatic nitrogens is 2. The van der Waals surface area contributed by atoms with Crippen molar-refractivity contribution in [3.63, 3.8) is 0 Å². The van der Waals surface area contributed by atoms with Crippen LogP contribution in [-0.2, 0) is 13.5 Å². The summed E-state index contributed by atoms with van der Waals surface area (Å²) in [6.07, 6.45) is 3.63. The fourth-order valence-electron chi connectivity index (χ4n) is 1.74. The fraction of sp³-hybridized carbons (Fsp3) is 0.231. The van der Waals surface area contributed by atoms with Crippen LogP contribution in [0.3, 0.4) is 0 Å². The van der Waals surface area contributed by atoms with Crippen LogP contribution in [0.5, 0.6) is 5.75 Å². The molecule has 0 spiro atoms. The lowest BCUT2D eigenvalue weighted by Crippen LogP contribution is -2.11. The van der Waals surface area contributed by atoms with Gasteiger partial charge in [0.05, 0.1) is 13.3 Å². The van der Waals surface area contributed by atoms with Crippen LogP contribution in [-0.4, -0.2) is 32.3 Å². The van der Waals surface area contributed by atoms with E-state index in [0.29, 0.717) is 12.2 Å². The van der Waals surface area contributed by atoms with E-state index in [0.717, 1.165) is 12.0 Å². The number of phenolic OH excluding ortho intramolecular Hbond substituents is 1. The van der Waals surface area contributed by atoms with Crippen molar-refractivity contribution in [1.29, 1.82) is 0 Å².